The van der Waals surface area contributed by atoms with Gasteiger partial charge in [-0.2, -0.15) is 4.37 Å². The van der Waals surface area contributed by atoms with Crippen LogP contribution in [0.3, 0.4) is 0 Å². The molecule has 0 aliphatic heterocycles. The van der Waals surface area contributed by atoms with E-state index in [9.17, 15) is 12.8 Å². The summed E-state index contributed by atoms with van der Waals surface area (Å²) < 4.78 is 44.7. The van der Waals surface area contributed by atoms with E-state index in [1.54, 1.807) is 0 Å². The number of nitrogens with two attached hydrogens (primary N) is 1. The first-order chi connectivity index (χ1) is 12.4. The molecule has 0 amide bonds. The third-order valence-corrected chi connectivity index (χ3v) is 5.97. The molecule has 26 heavy (non-hydrogen) atoms. The first kappa shape index (κ1) is 20.8. The van der Waals surface area contributed by atoms with Crippen LogP contribution in [0.2, 0.25) is 5.02 Å². The standard InChI is InChI=1S/C15H21ClFN5O2S2/c16-11-8-14(26(23,24)22-15-20-10-21-25-15)12(17)9-13(11)19-7-5-3-1-2-4-6-18/h8-10,19H,1-7,18H2,(H,20,21,22). The van der Waals surface area contributed by atoms with Crippen LogP contribution in [0, 0.1) is 5.82 Å². The minimum Gasteiger partial charge on any atom is -0.384 e. The highest BCUT2D eigenvalue weighted by atomic mass is 35.5. The van der Waals surface area contributed by atoms with Gasteiger partial charge in [-0.3, -0.25) is 4.72 Å². The molecule has 0 atom stereocenters. The van der Waals surface area contributed by atoms with E-state index in [0.29, 0.717) is 18.8 Å². The number of rotatable bonds is 11. The van der Waals surface area contributed by atoms with Crippen LogP contribution < -0.4 is 15.8 Å². The number of hydrogen-bond acceptors (Lipinski definition) is 7. The molecule has 4 N–H and O–H groups in total. The van der Waals surface area contributed by atoms with Gasteiger partial charge >= 0.3 is 0 Å². The molecule has 0 spiro atoms. The fourth-order valence-electron chi connectivity index (χ4n) is 2.28. The average molecular weight is 422 g/mol. The zero-order chi connectivity index (χ0) is 19.0. The molecule has 1 aromatic heterocycles. The van der Waals surface area contributed by atoms with Gasteiger partial charge in [-0.15, -0.1) is 0 Å². The summed E-state index contributed by atoms with van der Waals surface area (Å²) in [6.45, 7) is 1.33. The Labute approximate surface area is 161 Å². The molecule has 1 heterocycles. The molecule has 7 nitrogen and oxygen atoms in total. The molecule has 0 saturated heterocycles. The maximum atomic E-state index is 14.3. The Morgan fingerprint density at radius 2 is 1.92 bits per heavy atom. The highest BCUT2D eigenvalue weighted by Crippen LogP contribution is 2.29. The first-order valence-electron chi connectivity index (χ1n) is 8.16. The van der Waals surface area contributed by atoms with Gasteiger partial charge in [0, 0.05) is 18.1 Å². The molecular weight excluding hydrogens is 401 g/mol. The van der Waals surface area contributed by atoms with Gasteiger partial charge in [0.05, 0.1) is 10.7 Å². The molecule has 2 aromatic rings. The Kier molecular flexibility index (Phi) is 8.01. The van der Waals surface area contributed by atoms with E-state index in [-0.39, 0.29) is 10.2 Å². The monoisotopic (exact) mass is 421 g/mol. The predicted molar refractivity (Wildman–Crippen MR) is 103 cm³/mol. The van der Waals surface area contributed by atoms with E-state index >= 15 is 0 Å². The van der Waals surface area contributed by atoms with Crippen molar-refractivity contribution in [2.24, 2.45) is 5.73 Å². The second-order valence-electron chi connectivity index (χ2n) is 5.60. The van der Waals surface area contributed by atoms with Gasteiger partial charge in [-0.05, 0) is 31.5 Å². The van der Waals surface area contributed by atoms with Crippen molar-refractivity contribution < 1.29 is 12.8 Å². The lowest BCUT2D eigenvalue weighted by Gasteiger charge is -2.12. The topological polar surface area (TPSA) is 110 Å². The fourth-order valence-corrected chi connectivity index (χ4v) is 4.32. The number of nitrogens with zero attached hydrogens (tertiary/aromatic N) is 2. The van der Waals surface area contributed by atoms with E-state index in [0.717, 1.165) is 55.8 Å². The average Bonchev–Trinajstić information content (AvgIpc) is 3.08. The van der Waals surface area contributed by atoms with E-state index in [1.165, 1.54) is 6.33 Å². The molecular formula is C15H21ClFN5O2S2. The second-order valence-corrected chi connectivity index (χ2v) is 8.44. The number of anilines is 2. The van der Waals surface area contributed by atoms with Crippen LogP contribution in [-0.4, -0.2) is 30.9 Å². The summed E-state index contributed by atoms with van der Waals surface area (Å²) in [6, 6.07) is 2.18. The fraction of sp³-hybridized carbons (Fsp3) is 0.467. The van der Waals surface area contributed by atoms with E-state index in [1.807, 2.05) is 0 Å². The highest BCUT2D eigenvalue weighted by molar-refractivity contribution is 7.93. The molecule has 0 unspecified atom stereocenters. The summed E-state index contributed by atoms with van der Waals surface area (Å²) in [4.78, 5) is 3.18. The third kappa shape index (κ3) is 6.04. The van der Waals surface area contributed by atoms with Gasteiger partial charge in [-0.1, -0.05) is 30.9 Å². The Bertz CT molecular complexity index is 803. The third-order valence-electron chi connectivity index (χ3n) is 3.59. The van der Waals surface area contributed by atoms with Crippen molar-refractivity contribution in [2.45, 2.75) is 37.0 Å². The quantitative estimate of drug-likeness (QED) is 0.479. The Hall–Kier alpha value is -1.49. The van der Waals surface area contributed by atoms with Gasteiger partial charge < -0.3 is 11.1 Å². The zero-order valence-electron chi connectivity index (χ0n) is 14.0. The summed E-state index contributed by atoms with van der Waals surface area (Å²) in [6.07, 6.45) is 6.35. The molecule has 144 valence electrons. The van der Waals surface area contributed by atoms with Crippen molar-refractivity contribution in [1.82, 2.24) is 9.36 Å². The van der Waals surface area contributed by atoms with Crippen LogP contribution in [0.15, 0.2) is 23.4 Å². The van der Waals surface area contributed by atoms with Crippen molar-refractivity contribution in [3.8, 4) is 0 Å². The van der Waals surface area contributed by atoms with Crippen LogP contribution in [-0.2, 0) is 10.0 Å². The summed E-state index contributed by atoms with van der Waals surface area (Å²) in [5, 5.41) is 3.22. The van der Waals surface area contributed by atoms with Crippen LogP contribution in [0.5, 0.6) is 0 Å². The molecule has 0 saturated carbocycles. The number of hydrogen-bond donors (Lipinski definition) is 3. The molecule has 1 aromatic carbocycles. The summed E-state index contributed by atoms with van der Waals surface area (Å²) >= 11 is 6.96. The van der Waals surface area contributed by atoms with Crippen molar-refractivity contribution >= 4 is 44.0 Å². The highest BCUT2D eigenvalue weighted by Gasteiger charge is 2.22. The first-order valence-corrected chi connectivity index (χ1v) is 10.8. The van der Waals surface area contributed by atoms with Crippen LogP contribution >= 0.6 is 23.1 Å². The van der Waals surface area contributed by atoms with E-state index < -0.39 is 20.7 Å². The molecule has 0 bridgehead atoms. The largest absolute Gasteiger partial charge is 0.384 e. The van der Waals surface area contributed by atoms with Crippen LogP contribution in [0.25, 0.3) is 0 Å². The van der Waals surface area contributed by atoms with Gasteiger partial charge in [0.1, 0.15) is 17.0 Å². The minimum absolute atomic E-state index is 0.0531. The van der Waals surface area contributed by atoms with Crippen molar-refractivity contribution in [3.63, 3.8) is 0 Å². The number of benzene rings is 1. The van der Waals surface area contributed by atoms with Gasteiger partial charge in [-0.25, -0.2) is 17.8 Å². The lowest BCUT2D eigenvalue weighted by molar-refractivity contribution is 0.570. The Morgan fingerprint density at radius 3 is 2.62 bits per heavy atom. The maximum Gasteiger partial charge on any atom is 0.266 e. The number of halogens is 2. The van der Waals surface area contributed by atoms with Gasteiger partial charge in [0.2, 0.25) is 5.13 Å². The van der Waals surface area contributed by atoms with E-state index in [2.05, 4.69) is 19.4 Å². The van der Waals surface area contributed by atoms with Crippen molar-refractivity contribution in [3.05, 3.63) is 29.3 Å². The van der Waals surface area contributed by atoms with Gasteiger partial charge in [0.15, 0.2) is 0 Å². The lowest BCUT2D eigenvalue weighted by Crippen LogP contribution is -2.15. The zero-order valence-corrected chi connectivity index (χ0v) is 16.4. The maximum absolute atomic E-state index is 14.3. The normalized spacial score (nSPS) is 11.5. The number of aromatic nitrogens is 2. The molecule has 0 aliphatic carbocycles. The SMILES string of the molecule is NCCCCCCCNc1cc(F)c(S(=O)(=O)Nc2ncns2)cc1Cl. The molecule has 0 fully saturated rings. The number of unbranched alkanes of at least 4 members (excludes halogenated alkanes) is 4. The molecule has 0 aliphatic rings. The van der Waals surface area contributed by atoms with Gasteiger partial charge in [0.25, 0.3) is 10.0 Å². The van der Waals surface area contributed by atoms with Crippen molar-refractivity contribution in [2.75, 3.05) is 23.1 Å². The van der Waals surface area contributed by atoms with E-state index in [4.69, 9.17) is 17.3 Å². The molecule has 2 rings (SSSR count). The predicted octanol–water partition coefficient (Wildman–Crippen LogP) is 3.45. The molecule has 11 heteroatoms. The number of nitrogens with one attached hydrogen (secondary N) is 2. The summed E-state index contributed by atoms with van der Waals surface area (Å²) in [7, 11) is -4.13. The Balaban J connectivity index is 1.97. The molecule has 0 radical (unpaired) electrons. The number of sulfonamides is 1. The summed E-state index contributed by atoms with van der Waals surface area (Å²) in [5.41, 5.74) is 5.80. The van der Waals surface area contributed by atoms with Crippen LogP contribution in [0.1, 0.15) is 32.1 Å². The summed E-state index contributed by atoms with van der Waals surface area (Å²) in [5.74, 6) is -0.892. The van der Waals surface area contributed by atoms with Crippen molar-refractivity contribution in [1.29, 1.82) is 0 Å². The van der Waals surface area contributed by atoms with Crippen LogP contribution in [0.4, 0.5) is 15.2 Å². The minimum atomic E-state index is -4.13. The smallest absolute Gasteiger partial charge is 0.266 e. The second kappa shape index (κ2) is 10.0. The Morgan fingerprint density at radius 1 is 1.19 bits per heavy atom. The lowest BCUT2D eigenvalue weighted by atomic mass is 10.1.